The van der Waals surface area contributed by atoms with Crippen molar-refractivity contribution in [1.29, 1.82) is 0 Å². The number of hydrogen-bond donors (Lipinski definition) is 1. The average Bonchev–Trinajstić information content (AvgIpc) is 2.71. The summed E-state index contributed by atoms with van der Waals surface area (Å²) in [5.41, 5.74) is -1.60. The summed E-state index contributed by atoms with van der Waals surface area (Å²) in [4.78, 5) is 0. The van der Waals surface area contributed by atoms with E-state index in [2.05, 4.69) is 23.7 Å². The standard InChI is InChI=1S/C22H29F10NO5/c1-8-10-34-12-18(23,24)16(4,5)38-20(27,28)15(33)14(3)36-22(31,32)21(29,30)17(6,7)37-19(25,26)13-35-11-9-2/h1-2,14-15H,10-13,33H2,3-7H3. The van der Waals surface area contributed by atoms with Crippen LogP contribution in [0.4, 0.5) is 43.9 Å². The number of hydrogen-bond acceptors (Lipinski definition) is 6. The summed E-state index contributed by atoms with van der Waals surface area (Å²) in [6, 6.07) is -3.03. The molecule has 2 atom stereocenters. The lowest BCUT2D eigenvalue weighted by Gasteiger charge is -2.42. The molecule has 0 fully saturated rings. The number of halogens is 10. The zero-order chi connectivity index (χ0) is 30.4. The molecule has 222 valence electrons. The van der Waals surface area contributed by atoms with Crippen molar-refractivity contribution < 1.29 is 67.6 Å². The van der Waals surface area contributed by atoms with Gasteiger partial charge >= 0.3 is 24.2 Å². The van der Waals surface area contributed by atoms with Crippen LogP contribution in [0.1, 0.15) is 34.6 Å². The highest BCUT2D eigenvalue weighted by Crippen LogP contribution is 2.48. The highest BCUT2D eigenvalue weighted by molar-refractivity contribution is 4.97. The van der Waals surface area contributed by atoms with Gasteiger partial charge in [-0.2, -0.15) is 35.1 Å². The molecule has 6 nitrogen and oxygen atoms in total. The van der Waals surface area contributed by atoms with E-state index in [0.29, 0.717) is 20.8 Å². The summed E-state index contributed by atoms with van der Waals surface area (Å²) in [5, 5.41) is 0. The Bertz CT molecular complexity index is 852. The number of ether oxygens (including phenoxy) is 5. The number of terminal acetylenes is 2. The Hall–Kier alpha value is -1.82. The second-order valence-electron chi connectivity index (χ2n) is 8.96. The predicted octanol–water partition coefficient (Wildman–Crippen LogP) is 4.66. The van der Waals surface area contributed by atoms with Crippen LogP contribution in [0.5, 0.6) is 0 Å². The summed E-state index contributed by atoms with van der Waals surface area (Å²) in [6.07, 6.45) is -8.26. The maximum Gasteiger partial charge on any atom is 0.422 e. The molecule has 0 heterocycles. The molecule has 0 saturated carbocycles. The van der Waals surface area contributed by atoms with Gasteiger partial charge in [-0.1, -0.05) is 11.8 Å². The molecule has 0 saturated heterocycles. The van der Waals surface area contributed by atoms with Crippen molar-refractivity contribution in [2.45, 2.75) is 88.1 Å². The minimum atomic E-state index is -5.75. The Labute approximate surface area is 213 Å². The molecule has 0 bridgehead atoms. The minimum Gasteiger partial charge on any atom is -0.362 e. The Morgan fingerprint density at radius 1 is 0.737 bits per heavy atom. The van der Waals surface area contributed by atoms with Gasteiger partial charge in [0.05, 0.1) is 6.10 Å². The van der Waals surface area contributed by atoms with Crippen molar-refractivity contribution in [3.63, 3.8) is 0 Å². The molecule has 0 aromatic rings. The third-order valence-electron chi connectivity index (χ3n) is 4.95. The molecular formula is C22H29F10NO5. The predicted molar refractivity (Wildman–Crippen MR) is 113 cm³/mol. The third-order valence-corrected chi connectivity index (χ3v) is 4.95. The van der Waals surface area contributed by atoms with Gasteiger partial charge in [0, 0.05) is 0 Å². The van der Waals surface area contributed by atoms with Crippen molar-refractivity contribution in [2.24, 2.45) is 5.73 Å². The number of alkyl halides is 10. The number of nitrogens with two attached hydrogens (primary N) is 1. The van der Waals surface area contributed by atoms with Gasteiger partial charge in [-0.15, -0.1) is 12.8 Å². The van der Waals surface area contributed by atoms with Crippen LogP contribution >= 0.6 is 0 Å². The first-order valence-corrected chi connectivity index (χ1v) is 10.6. The second kappa shape index (κ2) is 12.6. The maximum absolute atomic E-state index is 14.6. The topological polar surface area (TPSA) is 72.2 Å². The van der Waals surface area contributed by atoms with Crippen molar-refractivity contribution in [1.82, 2.24) is 0 Å². The highest BCUT2D eigenvalue weighted by Gasteiger charge is 2.70. The summed E-state index contributed by atoms with van der Waals surface area (Å²) in [7, 11) is 0. The van der Waals surface area contributed by atoms with Crippen molar-refractivity contribution in [2.75, 3.05) is 26.4 Å². The van der Waals surface area contributed by atoms with Crippen LogP contribution in [-0.2, 0) is 23.7 Å². The van der Waals surface area contributed by atoms with Crippen LogP contribution in [0.3, 0.4) is 0 Å². The largest absolute Gasteiger partial charge is 0.422 e. The Morgan fingerprint density at radius 3 is 1.63 bits per heavy atom. The van der Waals surface area contributed by atoms with E-state index >= 15 is 0 Å². The van der Waals surface area contributed by atoms with E-state index in [9.17, 15) is 43.9 Å². The molecule has 16 heteroatoms. The van der Waals surface area contributed by atoms with Gasteiger partial charge in [0.2, 0.25) is 0 Å². The van der Waals surface area contributed by atoms with Crippen LogP contribution in [0.2, 0.25) is 0 Å². The van der Waals surface area contributed by atoms with Crippen LogP contribution in [0.25, 0.3) is 0 Å². The van der Waals surface area contributed by atoms with E-state index in [0.717, 1.165) is 0 Å². The molecule has 0 aromatic carbocycles. The number of rotatable bonds is 17. The maximum atomic E-state index is 14.6. The van der Waals surface area contributed by atoms with E-state index in [-0.39, 0.29) is 13.8 Å². The first-order chi connectivity index (χ1) is 16.8. The summed E-state index contributed by atoms with van der Waals surface area (Å²) in [6.45, 7) is -2.77. The molecule has 0 aliphatic rings. The van der Waals surface area contributed by atoms with Crippen molar-refractivity contribution >= 4 is 0 Å². The van der Waals surface area contributed by atoms with E-state index < -0.39 is 79.9 Å². The lowest BCUT2D eigenvalue weighted by Crippen LogP contribution is -2.63. The molecule has 0 spiro atoms. The van der Waals surface area contributed by atoms with Gasteiger partial charge in [0.15, 0.2) is 0 Å². The molecule has 0 radical (unpaired) electrons. The molecule has 2 unspecified atom stereocenters. The smallest absolute Gasteiger partial charge is 0.362 e. The Morgan fingerprint density at radius 2 is 1.18 bits per heavy atom. The van der Waals surface area contributed by atoms with Gasteiger partial charge in [-0.05, 0) is 34.6 Å². The van der Waals surface area contributed by atoms with Crippen LogP contribution < -0.4 is 5.73 Å². The zero-order valence-corrected chi connectivity index (χ0v) is 21.0. The molecule has 0 aromatic heterocycles. The second-order valence-corrected chi connectivity index (χ2v) is 8.96. The fourth-order valence-electron chi connectivity index (χ4n) is 2.59. The van der Waals surface area contributed by atoms with Gasteiger partial charge < -0.3 is 29.4 Å². The van der Waals surface area contributed by atoms with Crippen molar-refractivity contribution in [3.05, 3.63) is 0 Å². The van der Waals surface area contributed by atoms with Crippen LogP contribution in [0, 0.1) is 24.7 Å². The van der Waals surface area contributed by atoms with E-state index in [4.69, 9.17) is 18.6 Å². The summed E-state index contributed by atoms with van der Waals surface area (Å²) < 4.78 is 164. The van der Waals surface area contributed by atoms with Crippen LogP contribution in [0.15, 0.2) is 0 Å². The fourth-order valence-corrected chi connectivity index (χ4v) is 2.59. The highest BCUT2D eigenvalue weighted by atomic mass is 19.3. The lowest BCUT2D eigenvalue weighted by molar-refractivity contribution is -0.432. The molecule has 0 aliphatic heterocycles. The molecule has 2 N–H and O–H groups in total. The lowest BCUT2D eigenvalue weighted by atomic mass is 9.98. The average molecular weight is 577 g/mol. The van der Waals surface area contributed by atoms with Gasteiger partial charge in [-0.3, -0.25) is 0 Å². The summed E-state index contributed by atoms with van der Waals surface area (Å²) in [5.74, 6) is -6.06. The SMILES string of the molecule is C#CCOCC(F)(F)OC(C)(C)C(F)(F)C(F)(F)OC(C)C(N)C(F)(F)OC(C)(C)C(F)(F)COCC#C. The van der Waals surface area contributed by atoms with Gasteiger partial charge in [0.25, 0.3) is 5.92 Å². The van der Waals surface area contributed by atoms with Gasteiger partial charge in [-0.25, -0.2) is 8.78 Å². The Kier molecular flexibility index (Phi) is 12.0. The molecule has 38 heavy (non-hydrogen) atoms. The van der Waals surface area contributed by atoms with E-state index in [1.807, 2.05) is 5.92 Å². The first kappa shape index (κ1) is 36.2. The Balaban J connectivity index is 5.67. The summed E-state index contributed by atoms with van der Waals surface area (Å²) >= 11 is 0. The molecule has 0 rings (SSSR count). The first-order valence-electron chi connectivity index (χ1n) is 10.6. The third kappa shape index (κ3) is 9.14. The van der Waals surface area contributed by atoms with Gasteiger partial charge in [0.1, 0.15) is 43.7 Å². The van der Waals surface area contributed by atoms with E-state index in [1.54, 1.807) is 5.92 Å². The molecule has 0 amide bonds. The quantitative estimate of drug-likeness (QED) is 0.154. The zero-order valence-electron chi connectivity index (χ0n) is 21.0. The minimum absolute atomic E-state index is 0.147. The van der Waals surface area contributed by atoms with Crippen molar-refractivity contribution in [3.8, 4) is 24.7 Å². The molecule has 0 aliphatic carbocycles. The normalized spacial score (nSPS) is 16.1. The fraction of sp³-hybridized carbons (Fsp3) is 0.818. The van der Waals surface area contributed by atoms with E-state index in [1.165, 1.54) is 0 Å². The molecular weight excluding hydrogens is 548 g/mol. The van der Waals surface area contributed by atoms with Crippen LogP contribution in [-0.4, -0.2) is 79.9 Å². The monoisotopic (exact) mass is 577 g/mol.